The van der Waals surface area contributed by atoms with E-state index in [9.17, 15) is 4.79 Å². The Hall–Kier alpha value is -1.54. The van der Waals surface area contributed by atoms with Crippen molar-refractivity contribution in [3.63, 3.8) is 0 Å². The Labute approximate surface area is 98.8 Å². The Morgan fingerprint density at radius 1 is 1.25 bits per heavy atom. The molecule has 1 aromatic heterocycles. The van der Waals surface area contributed by atoms with Gasteiger partial charge in [0.05, 0.1) is 11.4 Å². The number of rotatable bonds is 3. The van der Waals surface area contributed by atoms with Gasteiger partial charge in [-0.3, -0.25) is 4.79 Å². The number of carbonyl (C=O) groups excluding carboxylic acids is 1. The van der Waals surface area contributed by atoms with E-state index in [4.69, 9.17) is 16.0 Å². The van der Waals surface area contributed by atoms with Gasteiger partial charge in [0.2, 0.25) is 0 Å². The van der Waals surface area contributed by atoms with E-state index in [2.05, 4.69) is 0 Å². The predicted octanol–water partition coefficient (Wildman–Crippen LogP) is 3.73. The number of carbonyl (C=O) groups is 1. The van der Waals surface area contributed by atoms with Crippen molar-refractivity contribution in [1.82, 2.24) is 0 Å². The third-order valence-electron chi connectivity index (χ3n) is 2.22. The summed E-state index contributed by atoms with van der Waals surface area (Å²) in [5.74, 6) is 1.45. The van der Waals surface area contributed by atoms with Crippen LogP contribution in [0, 0.1) is 0 Å². The summed E-state index contributed by atoms with van der Waals surface area (Å²) in [7, 11) is 0. The van der Waals surface area contributed by atoms with Crippen LogP contribution in [-0.4, -0.2) is 5.78 Å². The van der Waals surface area contributed by atoms with Crippen LogP contribution in [0.5, 0.6) is 0 Å². The van der Waals surface area contributed by atoms with Crippen LogP contribution >= 0.6 is 11.6 Å². The summed E-state index contributed by atoms with van der Waals surface area (Å²) in [5.41, 5.74) is 0.846. The molecule has 0 saturated carbocycles. The number of halogens is 1. The van der Waals surface area contributed by atoms with Crippen molar-refractivity contribution in [3.05, 3.63) is 47.2 Å². The van der Waals surface area contributed by atoms with Crippen LogP contribution in [-0.2, 0) is 11.2 Å². The Kier molecular flexibility index (Phi) is 3.11. The normalized spacial score (nSPS) is 10.4. The summed E-state index contributed by atoms with van der Waals surface area (Å²) >= 11 is 6.05. The molecule has 1 heterocycles. The number of ketones is 1. The smallest absolute Gasteiger partial charge is 0.137 e. The van der Waals surface area contributed by atoms with Gasteiger partial charge in [-0.05, 0) is 31.2 Å². The van der Waals surface area contributed by atoms with Crippen LogP contribution < -0.4 is 0 Å². The van der Waals surface area contributed by atoms with Crippen LogP contribution in [0.1, 0.15) is 12.7 Å². The highest BCUT2D eigenvalue weighted by molar-refractivity contribution is 6.33. The molecule has 0 unspecified atom stereocenters. The zero-order valence-electron chi connectivity index (χ0n) is 8.87. The first kappa shape index (κ1) is 11.0. The fourth-order valence-electron chi connectivity index (χ4n) is 1.52. The molecule has 0 amide bonds. The average Bonchev–Trinajstić information content (AvgIpc) is 2.66. The fourth-order valence-corrected chi connectivity index (χ4v) is 1.75. The van der Waals surface area contributed by atoms with E-state index in [0.717, 1.165) is 5.56 Å². The lowest BCUT2D eigenvalue weighted by Crippen LogP contribution is -1.93. The van der Waals surface area contributed by atoms with Gasteiger partial charge in [0.15, 0.2) is 0 Å². The molecule has 2 aromatic rings. The minimum atomic E-state index is 0.0834. The molecule has 0 spiro atoms. The molecule has 2 nitrogen and oxygen atoms in total. The van der Waals surface area contributed by atoms with Gasteiger partial charge in [-0.25, -0.2) is 0 Å². The van der Waals surface area contributed by atoms with Crippen LogP contribution in [0.25, 0.3) is 11.3 Å². The van der Waals surface area contributed by atoms with Crippen molar-refractivity contribution in [1.29, 1.82) is 0 Å². The summed E-state index contributed by atoms with van der Waals surface area (Å²) in [4.78, 5) is 10.9. The Balaban J connectivity index is 2.32. The molecule has 82 valence electrons. The summed E-state index contributed by atoms with van der Waals surface area (Å²) in [6.45, 7) is 1.54. The Bertz CT molecular complexity index is 514. The van der Waals surface area contributed by atoms with E-state index in [0.29, 0.717) is 23.0 Å². The number of hydrogen-bond donors (Lipinski definition) is 0. The standard InChI is InChI=1S/C13H11ClO2/c1-9(15)8-10-6-7-13(16-10)11-4-2-3-5-12(11)14/h2-7H,8H2,1H3. The lowest BCUT2D eigenvalue weighted by molar-refractivity contribution is -0.116. The summed E-state index contributed by atoms with van der Waals surface area (Å²) in [6.07, 6.45) is 0.324. The second-order valence-electron chi connectivity index (χ2n) is 3.62. The van der Waals surface area contributed by atoms with Gasteiger partial charge in [0.1, 0.15) is 17.3 Å². The zero-order chi connectivity index (χ0) is 11.5. The third kappa shape index (κ3) is 2.34. The highest BCUT2D eigenvalue weighted by Crippen LogP contribution is 2.29. The SMILES string of the molecule is CC(=O)Cc1ccc(-c2ccccc2Cl)o1. The van der Waals surface area contributed by atoms with Gasteiger partial charge in [0.25, 0.3) is 0 Å². The van der Waals surface area contributed by atoms with Crippen molar-refractivity contribution >= 4 is 17.4 Å². The first-order valence-corrected chi connectivity index (χ1v) is 5.37. The molecule has 0 atom stereocenters. The lowest BCUT2D eigenvalue weighted by atomic mass is 10.2. The summed E-state index contributed by atoms with van der Waals surface area (Å²) < 4.78 is 5.56. The second kappa shape index (κ2) is 4.54. The second-order valence-corrected chi connectivity index (χ2v) is 4.03. The minimum Gasteiger partial charge on any atom is -0.461 e. The first-order chi connectivity index (χ1) is 7.66. The fraction of sp³-hybridized carbons (Fsp3) is 0.154. The van der Waals surface area contributed by atoms with Crippen molar-refractivity contribution in [2.75, 3.05) is 0 Å². The molecule has 0 fully saturated rings. The van der Waals surface area contributed by atoms with Crippen molar-refractivity contribution in [3.8, 4) is 11.3 Å². The molecule has 0 saturated heterocycles. The minimum absolute atomic E-state index is 0.0834. The molecule has 16 heavy (non-hydrogen) atoms. The van der Waals surface area contributed by atoms with E-state index in [1.54, 1.807) is 6.07 Å². The van der Waals surface area contributed by atoms with Gasteiger partial charge < -0.3 is 4.42 Å². The predicted molar refractivity (Wildman–Crippen MR) is 63.5 cm³/mol. The largest absolute Gasteiger partial charge is 0.461 e. The van der Waals surface area contributed by atoms with E-state index >= 15 is 0 Å². The van der Waals surface area contributed by atoms with Crippen LogP contribution in [0.15, 0.2) is 40.8 Å². The van der Waals surface area contributed by atoms with Gasteiger partial charge >= 0.3 is 0 Å². The molecule has 2 rings (SSSR count). The Morgan fingerprint density at radius 2 is 2.00 bits per heavy atom. The molecule has 1 aromatic carbocycles. The van der Waals surface area contributed by atoms with Crippen molar-refractivity contribution in [2.24, 2.45) is 0 Å². The maximum Gasteiger partial charge on any atom is 0.137 e. The highest BCUT2D eigenvalue weighted by Gasteiger charge is 2.08. The molecule has 0 aliphatic carbocycles. The number of furan rings is 1. The lowest BCUT2D eigenvalue weighted by Gasteiger charge is -1.99. The zero-order valence-corrected chi connectivity index (χ0v) is 9.62. The van der Waals surface area contributed by atoms with Gasteiger partial charge in [0, 0.05) is 5.56 Å². The molecule has 0 N–H and O–H groups in total. The molecule has 0 radical (unpaired) electrons. The monoisotopic (exact) mass is 234 g/mol. The first-order valence-electron chi connectivity index (χ1n) is 5.00. The number of benzene rings is 1. The third-order valence-corrected chi connectivity index (χ3v) is 2.55. The van der Waals surface area contributed by atoms with E-state index in [1.807, 2.05) is 30.3 Å². The average molecular weight is 235 g/mol. The van der Waals surface area contributed by atoms with Gasteiger partial charge in [-0.2, -0.15) is 0 Å². The van der Waals surface area contributed by atoms with E-state index < -0.39 is 0 Å². The quantitative estimate of drug-likeness (QED) is 0.810. The number of Topliss-reactive ketones (excluding diaryl/α,β-unsaturated/α-hetero) is 1. The maximum absolute atomic E-state index is 10.9. The van der Waals surface area contributed by atoms with Crippen molar-refractivity contribution in [2.45, 2.75) is 13.3 Å². The van der Waals surface area contributed by atoms with E-state index in [1.165, 1.54) is 6.92 Å². The molecule has 0 aliphatic rings. The Morgan fingerprint density at radius 3 is 2.69 bits per heavy atom. The van der Waals surface area contributed by atoms with Crippen LogP contribution in [0.2, 0.25) is 5.02 Å². The topological polar surface area (TPSA) is 30.2 Å². The summed E-state index contributed by atoms with van der Waals surface area (Å²) in [6, 6.07) is 11.1. The maximum atomic E-state index is 10.9. The molecular formula is C13H11ClO2. The molecule has 0 aliphatic heterocycles. The molecular weight excluding hydrogens is 224 g/mol. The van der Waals surface area contributed by atoms with Crippen molar-refractivity contribution < 1.29 is 9.21 Å². The van der Waals surface area contributed by atoms with E-state index in [-0.39, 0.29) is 5.78 Å². The van der Waals surface area contributed by atoms with Crippen LogP contribution in [0.4, 0.5) is 0 Å². The highest BCUT2D eigenvalue weighted by atomic mass is 35.5. The number of hydrogen-bond acceptors (Lipinski definition) is 2. The van der Waals surface area contributed by atoms with Gasteiger partial charge in [-0.1, -0.05) is 23.7 Å². The van der Waals surface area contributed by atoms with Crippen LogP contribution in [0.3, 0.4) is 0 Å². The summed E-state index contributed by atoms with van der Waals surface area (Å²) in [5, 5.41) is 0.645. The molecule has 3 heteroatoms. The molecule has 0 bridgehead atoms. The van der Waals surface area contributed by atoms with Gasteiger partial charge in [-0.15, -0.1) is 0 Å².